The van der Waals surface area contributed by atoms with Crippen LogP contribution in [0, 0.1) is 22.7 Å². The highest BCUT2D eigenvalue weighted by atomic mass is 32.1. The van der Waals surface area contributed by atoms with Gasteiger partial charge in [-0.15, -0.1) is 56.7 Å². The minimum atomic E-state index is 0.698. The molecule has 2 nitrogen and oxygen atoms in total. The zero-order valence-electron chi connectivity index (χ0n) is 17.0. The van der Waals surface area contributed by atoms with Gasteiger partial charge in [0.25, 0.3) is 0 Å². The first-order valence-corrected chi connectivity index (χ1v) is 14.1. The number of thiophene rings is 5. The van der Waals surface area contributed by atoms with Crippen molar-refractivity contribution < 1.29 is 0 Å². The maximum atomic E-state index is 9.51. The van der Waals surface area contributed by atoms with Crippen LogP contribution in [-0.4, -0.2) is 0 Å². The number of hydrogen-bond acceptors (Lipinski definition) is 7. The minimum Gasteiger partial charge on any atom is -0.192 e. The lowest BCUT2D eigenvalue weighted by atomic mass is 10.2. The van der Waals surface area contributed by atoms with Crippen molar-refractivity contribution in [2.24, 2.45) is 0 Å². The molecule has 5 heterocycles. The van der Waals surface area contributed by atoms with Gasteiger partial charge in [0.1, 0.15) is 12.1 Å². The monoisotopic (exact) mass is 514 g/mol. The summed E-state index contributed by atoms with van der Waals surface area (Å²) in [6, 6.07) is 25.2. The van der Waals surface area contributed by atoms with Gasteiger partial charge in [-0.25, -0.2) is 0 Å². The zero-order chi connectivity index (χ0) is 22.6. The molecular formula is C26H14N2S5. The lowest BCUT2D eigenvalue weighted by Gasteiger charge is -1.93. The summed E-state index contributed by atoms with van der Waals surface area (Å²) in [4.78, 5) is 8.96. The molecule has 5 aromatic rings. The van der Waals surface area contributed by atoms with Crippen molar-refractivity contribution in [1.82, 2.24) is 0 Å². The Morgan fingerprint density at radius 2 is 1.00 bits per heavy atom. The molecule has 0 amide bonds. The molecule has 158 valence electrons. The molecule has 0 bridgehead atoms. The maximum Gasteiger partial charge on any atom is 0.101 e. The van der Waals surface area contributed by atoms with Gasteiger partial charge in [0, 0.05) is 39.0 Å². The van der Waals surface area contributed by atoms with Crippen LogP contribution in [0.4, 0.5) is 0 Å². The Labute approximate surface area is 211 Å². The summed E-state index contributed by atoms with van der Waals surface area (Å²) in [6.45, 7) is 0. The Bertz CT molecular complexity index is 1410. The van der Waals surface area contributed by atoms with Crippen molar-refractivity contribution in [2.45, 2.75) is 0 Å². The van der Waals surface area contributed by atoms with E-state index in [1.807, 2.05) is 47.2 Å². The molecular weight excluding hydrogens is 501 g/mol. The molecule has 0 N–H and O–H groups in total. The van der Waals surface area contributed by atoms with Crippen molar-refractivity contribution in [1.29, 1.82) is 10.5 Å². The number of rotatable bonds is 6. The molecule has 0 aromatic carbocycles. The third-order valence-electron chi connectivity index (χ3n) is 4.73. The van der Waals surface area contributed by atoms with E-state index in [-0.39, 0.29) is 0 Å². The van der Waals surface area contributed by atoms with Gasteiger partial charge >= 0.3 is 0 Å². The van der Waals surface area contributed by atoms with Crippen LogP contribution in [0.3, 0.4) is 0 Å². The molecule has 0 saturated heterocycles. The van der Waals surface area contributed by atoms with Gasteiger partial charge in [0.2, 0.25) is 0 Å². The molecule has 0 atom stereocenters. The summed E-state index contributed by atoms with van der Waals surface area (Å²) in [5.74, 6) is 0. The third-order valence-corrected chi connectivity index (χ3v) is 10.1. The van der Waals surface area contributed by atoms with Gasteiger partial charge in [-0.05, 0) is 71.4 Å². The summed E-state index contributed by atoms with van der Waals surface area (Å²) in [5.41, 5.74) is 1.40. The number of nitriles is 2. The molecule has 0 aliphatic heterocycles. The highest BCUT2D eigenvalue weighted by molar-refractivity contribution is 7.26. The number of allylic oxidation sites excluding steroid dienone is 2. The van der Waals surface area contributed by atoms with Crippen LogP contribution in [0.2, 0.25) is 0 Å². The first kappa shape index (κ1) is 21.8. The Morgan fingerprint density at radius 3 is 1.39 bits per heavy atom. The van der Waals surface area contributed by atoms with E-state index < -0.39 is 0 Å². The van der Waals surface area contributed by atoms with Crippen LogP contribution in [0.25, 0.3) is 42.8 Å². The molecule has 0 aliphatic carbocycles. The Kier molecular flexibility index (Phi) is 6.50. The lowest BCUT2D eigenvalue weighted by molar-refractivity contribution is 1.54. The van der Waals surface area contributed by atoms with E-state index in [1.165, 1.54) is 19.5 Å². The summed E-state index contributed by atoms with van der Waals surface area (Å²) < 4.78 is 0. The van der Waals surface area contributed by atoms with Gasteiger partial charge < -0.3 is 0 Å². The largest absolute Gasteiger partial charge is 0.192 e. The van der Waals surface area contributed by atoms with Crippen molar-refractivity contribution in [3.63, 3.8) is 0 Å². The topological polar surface area (TPSA) is 47.6 Å². The van der Waals surface area contributed by atoms with E-state index >= 15 is 0 Å². The van der Waals surface area contributed by atoms with Crippen LogP contribution >= 0.6 is 56.7 Å². The summed E-state index contributed by atoms with van der Waals surface area (Å²) in [6.07, 6.45) is 3.93. The van der Waals surface area contributed by atoms with E-state index in [9.17, 15) is 10.5 Å². The molecule has 0 spiro atoms. The fourth-order valence-corrected chi connectivity index (χ4v) is 7.67. The lowest BCUT2D eigenvalue weighted by Crippen LogP contribution is -1.72. The van der Waals surface area contributed by atoms with Crippen molar-refractivity contribution in [3.8, 4) is 31.6 Å². The standard InChI is InChI=1S/C26H14N2S5/c27-15-17(21-3-1-11-29-21)13-19-5-7-23(31-19)25-9-10-26(33-25)24-8-6-20(32-24)14-18(16-28)22-4-2-12-30-22/h1-14H. The predicted molar refractivity (Wildman–Crippen MR) is 147 cm³/mol. The smallest absolute Gasteiger partial charge is 0.101 e. The van der Waals surface area contributed by atoms with E-state index in [0.29, 0.717) is 11.1 Å². The van der Waals surface area contributed by atoms with Crippen molar-refractivity contribution in [3.05, 3.63) is 90.9 Å². The summed E-state index contributed by atoms with van der Waals surface area (Å²) >= 11 is 8.32. The average molecular weight is 515 g/mol. The van der Waals surface area contributed by atoms with Crippen LogP contribution < -0.4 is 0 Å². The van der Waals surface area contributed by atoms with Crippen LogP contribution in [0.5, 0.6) is 0 Å². The molecule has 5 aromatic heterocycles. The second kappa shape index (κ2) is 9.84. The molecule has 33 heavy (non-hydrogen) atoms. The zero-order valence-corrected chi connectivity index (χ0v) is 21.1. The first-order valence-electron chi connectivity index (χ1n) is 9.85. The van der Waals surface area contributed by atoms with Crippen LogP contribution in [0.15, 0.2) is 71.4 Å². The molecule has 0 radical (unpaired) electrons. The SMILES string of the molecule is N#CC(=Cc1ccc(-c2ccc(-c3ccc(C=C(C#N)c4cccs4)s3)s2)s1)c1cccs1. The Balaban J connectivity index is 1.37. The molecule has 0 aliphatic rings. The minimum absolute atomic E-state index is 0.698. The molecule has 5 rings (SSSR count). The molecule has 0 saturated carbocycles. The van der Waals surface area contributed by atoms with E-state index in [1.54, 1.807) is 56.7 Å². The highest BCUT2D eigenvalue weighted by Crippen LogP contribution is 2.41. The van der Waals surface area contributed by atoms with E-state index in [4.69, 9.17) is 0 Å². The third kappa shape index (κ3) is 4.84. The quantitative estimate of drug-likeness (QED) is 0.212. The molecule has 7 heteroatoms. The molecule has 0 unspecified atom stereocenters. The highest BCUT2D eigenvalue weighted by Gasteiger charge is 2.11. The van der Waals surface area contributed by atoms with Gasteiger partial charge in [0.05, 0.1) is 11.1 Å². The number of nitrogens with zero attached hydrogens (tertiary/aromatic N) is 2. The van der Waals surface area contributed by atoms with E-state index in [2.05, 4.69) is 48.5 Å². The van der Waals surface area contributed by atoms with Crippen LogP contribution in [0.1, 0.15) is 19.5 Å². The van der Waals surface area contributed by atoms with Gasteiger partial charge in [-0.1, -0.05) is 12.1 Å². The summed E-state index contributed by atoms with van der Waals surface area (Å²) in [5, 5.41) is 23.0. The van der Waals surface area contributed by atoms with Crippen molar-refractivity contribution >= 4 is 80.0 Å². The van der Waals surface area contributed by atoms with Crippen LogP contribution in [-0.2, 0) is 0 Å². The fraction of sp³-hybridized carbons (Fsp3) is 0. The van der Waals surface area contributed by atoms with Gasteiger partial charge in [-0.3, -0.25) is 0 Å². The Hall–Kier alpha value is -3.04. The number of hydrogen-bond donors (Lipinski definition) is 0. The normalized spacial score (nSPS) is 11.9. The van der Waals surface area contributed by atoms with Gasteiger partial charge in [0.15, 0.2) is 0 Å². The van der Waals surface area contributed by atoms with E-state index in [0.717, 1.165) is 19.5 Å². The molecule has 0 fully saturated rings. The maximum absolute atomic E-state index is 9.51. The average Bonchev–Trinajstić information content (AvgIpc) is 3.65. The second-order valence-electron chi connectivity index (χ2n) is 6.86. The fourth-order valence-electron chi connectivity index (χ4n) is 3.19. The predicted octanol–water partition coefficient (Wildman–Crippen LogP) is 9.46. The first-order chi connectivity index (χ1) is 16.2. The Morgan fingerprint density at radius 1 is 0.576 bits per heavy atom. The van der Waals surface area contributed by atoms with Gasteiger partial charge in [-0.2, -0.15) is 10.5 Å². The van der Waals surface area contributed by atoms with Crippen molar-refractivity contribution in [2.75, 3.05) is 0 Å². The second-order valence-corrected chi connectivity index (χ2v) is 12.1. The summed E-state index contributed by atoms with van der Waals surface area (Å²) in [7, 11) is 0.